The fraction of sp³-hybridized carbons (Fsp3) is 0.750. The Morgan fingerprint density at radius 3 is 2.20 bits per heavy atom. The third-order valence-electron chi connectivity index (χ3n) is 6.14. The summed E-state index contributed by atoms with van der Waals surface area (Å²) in [5.74, 6) is -0.0185. The molecule has 20 heavy (non-hydrogen) atoms. The monoisotopic (exact) mass is 275 g/mol. The maximum Gasteiger partial charge on any atom is 0.336 e. The van der Waals surface area contributed by atoms with Gasteiger partial charge in [0.1, 0.15) is 6.61 Å². The average molecular weight is 275 g/mol. The van der Waals surface area contributed by atoms with Crippen LogP contribution >= 0.6 is 0 Å². The van der Waals surface area contributed by atoms with Gasteiger partial charge in [0.15, 0.2) is 0 Å². The minimum atomic E-state index is -0.269. The van der Waals surface area contributed by atoms with Crippen LogP contribution in [0.2, 0.25) is 0 Å². The molecule has 2 heterocycles. The van der Waals surface area contributed by atoms with Crippen molar-refractivity contribution in [1.29, 1.82) is 0 Å². The summed E-state index contributed by atoms with van der Waals surface area (Å²) >= 11 is 0. The Morgan fingerprint density at radius 1 is 1.00 bits per heavy atom. The van der Waals surface area contributed by atoms with E-state index in [2.05, 4.69) is 0 Å². The van der Waals surface area contributed by atoms with E-state index in [0.29, 0.717) is 11.0 Å². The molecule has 4 aliphatic rings. The zero-order valence-electron chi connectivity index (χ0n) is 12.0. The number of rotatable bonds is 1. The molecule has 4 nitrogen and oxygen atoms in total. The topological polar surface area (TPSA) is 46.6 Å². The normalized spacial score (nSPS) is 30.6. The Morgan fingerprint density at radius 2 is 1.65 bits per heavy atom. The van der Waals surface area contributed by atoms with Gasteiger partial charge in [-0.05, 0) is 57.3 Å². The smallest absolute Gasteiger partial charge is 0.336 e. The van der Waals surface area contributed by atoms with Crippen molar-refractivity contribution in [3.63, 3.8) is 0 Å². The van der Waals surface area contributed by atoms with Crippen molar-refractivity contribution >= 4 is 11.9 Å². The van der Waals surface area contributed by atoms with Crippen molar-refractivity contribution in [1.82, 2.24) is 4.90 Å². The molecule has 2 saturated carbocycles. The van der Waals surface area contributed by atoms with E-state index in [4.69, 9.17) is 4.74 Å². The summed E-state index contributed by atoms with van der Waals surface area (Å²) in [5, 5.41) is 0. The van der Waals surface area contributed by atoms with Crippen molar-refractivity contribution in [3.8, 4) is 0 Å². The SMILES string of the molecule is CC1=C(N2CCC3(CCC4(CC4)CC3)C2=O)COC1=O. The van der Waals surface area contributed by atoms with E-state index in [9.17, 15) is 9.59 Å². The van der Waals surface area contributed by atoms with Crippen LogP contribution in [0.15, 0.2) is 11.3 Å². The fourth-order valence-electron chi connectivity index (χ4n) is 4.23. The maximum absolute atomic E-state index is 12.9. The van der Waals surface area contributed by atoms with Gasteiger partial charge < -0.3 is 9.64 Å². The van der Waals surface area contributed by atoms with E-state index in [1.165, 1.54) is 25.7 Å². The van der Waals surface area contributed by atoms with Gasteiger partial charge in [-0.1, -0.05) is 0 Å². The van der Waals surface area contributed by atoms with Crippen LogP contribution in [0.1, 0.15) is 51.9 Å². The first-order valence-electron chi connectivity index (χ1n) is 7.74. The fourth-order valence-corrected chi connectivity index (χ4v) is 4.23. The Hall–Kier alpha value is -1.32. The van der Waals surface area contributed by atoms with Gasteiger partial charge in [0, 0.05) is 6.54 Å². The van der Waals surface area contributed by atoms with Crippen LogP contribution in [0.5, 0.6) is 0 Å². The lowest BCUT2D eigenvalue weighted by Gasteiger charge is -2.36. The Kier molecular flexibility index (Phi) is 2.40. The van der Waals surface area contributed by atoms with Crippen LogP contribution in [-0.2, 0) is 14.3 Å². The minimum absolute atomic E-state index is 0.132. The molecule has 0 aromatic rings. The summed E-state index contributed by atoms with van der Waals surface area (Å²) in [4.78, 5) is 26.2. The lowest BCUT2D eigenvalue weighted by Crippen LogP contribution is -2.38. The number of amides is 1. The number of carbonyl (C=O) groups excluding carboxylic acids is 2. The third-order valence-corrected chi connectivity index (χ3v) is 6.14. The van der Waals surface area contributed by atoms with Crippen molar-refractivity contribution in [2.45, 2.75) is 51.9 Å². The predicted molar refractivity (Wildman–Crippen MR) is 72.6 cm³/mol. The number of hydrogen-bond donors (Lipinski definition) is 0. The molecule has 4 heteroatoms. The largest absolute Gasteiger partial charge is 0.456 e. The minimum Gasteiger partial charge on any atom is -0.456 e. The van der Waals surface area contributed by atoms with E-state index >= 15 is 0 Å². The molecule has 108 valence electrons. The Balaban J connectivity index is 1.55. The van der Waals surface area contributed by atoms with Gasteiger partial charge in [-0.3, -0.25) is 4.79 Å². The third kappa shape index (κ3) is 1.60. The first kappa shape index (κ1) is 12.4. The molecule has 0 radical (unpaired) electrons. The van der Waals surface area contributed by atoms with Crippen LogP contribution < -0.4 is 0 Å². The second kappa shape index (κ2) is 3.86. The summed E-state index contributed by atoms with van der Waals surface area (Å²) in [6, 6.07) is 0. The molecule has 0 atom stereocenters. The number of esters is 1. The molecular formula is C16H21NO3. The van der Waals surface area contributed by atoms with Gasteiger partial charge in [0.2, 0.25) is 5.91 Å². The molecular weight excluding hydrogens is 254 g/mol. The highest BCUT2D eigenvalue weighted by atomic mass is 16.5. The van der Waals surface area contributed by atoms with Crippen molar-refractivity contribution in [2.75, 3.05) is 13.2 Å². The molecule has 0 unspecified atom stereocenters. The zero-order valence-corrected chi connectivity index (χ0v) is 12.0. The number of nitrogens with zero attached hydrogens (tertiary/aromatic N) is 1. The summed E-state index contributed by atoms with van der Waals surface area (Å²) < 4.78 is 5.05. The average Bonchev–Trinajstić information content (AvgIpc) is 3.05. The van der Waals surface area contributed by atoms with Gasteiger partial charge in [0.05, 0.1) is 16.7 Å². The van der Waals surface area contributed by atoms with E-state index in [0.717, 1.165) is 31.5 Å². The molecule has 0 N–H and O–H groups in total. The molecule has 0 aromatic heterocycles. The van der Waals surface area contributed by atoms with Crippen molar-refractivity contribution < 1.29 is 14.3 Å². The number of cyclic esters (lactones) is 1. The molecule has 2 spiro atoms. The lowest BCUT2D eigenvalue weighted by atomic mass is 9.68. The quantitative estimate of drug-likeness (QED) is 0.690. The summed E-state index contributed by atoms with van der Waals surface area (Å²) in [6.45, 7) is 2.80. The molecule has 3 fully saturated rings. The zero-order chi connectivity index (χ0) is 14.0. The van der Waals surface area contributed by atoms with Gasteiger partial charge in [0.25, 0.3) is 0 Å². The molecule has 4 rings (SSSR count). The summed E-state index contributed by atoms with van der Waals surface area (Å²) in [5.41, 5.74) is 1.90. The van der Waals surface area contributed by atoms with E-state index in [1.54, 1.807) is 6.92 Å². The molecule has 2 aliphatic carbocycles. The van der Waals surface area contributed by atoms with Crippen LogP contribution in [0.4, 0.5) is 0 Å². The first-order chi connectivity index (χ1) is 9.55. The van der Waals surface area contributed by atoms with Crippen LogP contribution in [0.3, 0.4) is 0 Å². The molecule has 1 saturated heterocycles. The van der Waals surface area contributed by atoms with E-state index in [1.807, 2.05) is 4.90 Å². The lowest BCUT2D eigenvalue weighted by molar-refractivity contribution is -0.138. The molecule has 1 amide bonds. The van der Waals surface area contributed by atoms with Crippen LogP contribution in [0.25, 0.3) is 0 Å². The number of carbonyl (C=O) groups is 2. The summed E-state index contributed by atoms with van der Waals surface area (Å²) in [7, 11) is 0. The summed E-state index contributed by atoms with van der Waals surface area (Å²) in [6.07, 6.45) is 8.22. The standard InChI is InChI=1S/C16H21NO3/c1-11-12(10-20-13(11)18)17-9-8-16(14(17)19)6-4-15(2-3-15)5-7-16/h2-10H2,1H3. The number of likely N-dealkylation sites (tertiary alicyclic amines) is 1. The number of ether oxygens (including phenoxy) is 1. The van der Waals surface area contributed by atoms with Gasteiger partial charge in [-0.25, -0.2) is 4.79 Å². The highest BCUT2D eigenvalue weighted by Crippen LogP contribution is 2.61. The second-order valence-electron chi connectivity index (χ2n) is 7.13. The highest BCUT2D eigenvalue weighted by molar-refractivity contribution is 5.94. The van der Waals surface area contributed by atoms with Crippen molar-refractivity contribution in [3.05, 3.63) is 11.3 Å². The molecule has 0 aromatic carbocycles. The number of hydrogen-bond acceptors (Lipinski definition) is 3. The van der Waals surface area contributed by atoms with E-state index < -0.39 is 0 Å². The van der Waals surface area contributed by atoms with E-state index in [-0.39, 0.29) is 23.9 Å². The highest BCUT2D eigenvalue weighted by Gasteiger charge is 2.55. The van der Waals surface area contributed by atoms with Crippen LogP contribution in [0, 0.1) is 10.8 Å². The maximum atomic E-state index is 12.9. The van der Waals surface area contributed by atoms with Gasteiger partial charge in [-0.2, -0.15) is 0 Å². The first-order valence-corrected chi connectivity index (χ1v) is 7.74. The van der Waals surface area contributed by atoms with Gasteiger partial charge in [-0.15, -0.1) is 0 Å². The van der Waals surface area contributed by atoms with Crippen LogP contribution in [-0.4, -0.2) is 29.9 Å². The predicted octanol–water partition coefficient (Wildman–Crippen LogP) is 2.39. The molecule has 2 aliphatic heterocycles. The van der Waals surface area contributed by atoms with Gasteiger partial charge >= 0.3 is 5.97 Å². The second-order valence-corrected chi connectivity index (χ2v) is 7.13. The Labute approximate surface area is 119 Å². The van der Waals surface area contributed by atoms with Crippen molar-refractivity contribution in [2.24, 2.45) is 10.8 Å². The Bertz CT molecular complexity index is 520. The molecule has 0 bridgehead atoms.